The second-order valence-corrected chi connectivity index (χ2v) is 9.08. The predicted molar refractivity (Wildman–Crippen MR) is 132 cm³/mol. The lowest BCUT2D eigenvalue weighted by molar-refractivity contribution is -0.131. The molecule has 1 aromatic heterocycles. The molecule has 0 saturated carbocycles. The van der Waals surface area contributed by atoms with E-state index in [1.54, 1.807) is 29.0 Å². The maximum Gasteiger partial charge on any atom is 0.242 e. The fraction of sp³-hybridized carbons (Fsp3) is 0.250. The molecule has 2 heterocycles. The van der Waals surface area contributed by atoms with Crippen molar-refractivity contribution in [1.29, 1.82) is 0 Å². The van der Waals surface area contributed by atoms with E-state index in [-0.39, 0.29) is 30.1 Å². The smallest absolute Gasteiger partial charge is 0.242 e. The zero-order valence-corrected chi connectivity index (χ0v) is 19.6. The van der Waals surface area contributed by atoms with Gasteiger partial charge in [0.05, 0.1) is 11.0 Å². The molecule has 1 aliphatic rings. The van der Waals surface area contributed by atoms with Crippen LogP contribution < -0.4 is 0 Å². The van der Waals surface area contributed by atoms with E-state index in [2.05, 4.69) is 0 Å². The summed E-state index contributed by atoms with van der Waals surface area (Å²) in [4.78, 5) is 34.4. The number of para-hydroxylation sites is 2. The molecule has 4 aromatic rings. The second-order valence-electron chi connectivity index (χ2n) is 9.08. The molecule has 0 bridgehead atoms. The van der Waals surface area contributed by atoms with E-state index >= 15 is 0 Å². The van der Waals surface area contributed by atoms with Gasteiger partial charge >= 0.3 is 0 Å². The molecule has 1 unspecified atom stereocenters. The van der Waals surface area contributed by atoms with Crippen molar-refractivity contribution in [1.82, 2.24) is 19.4 Å². The fourth-order valence-electron chi connectivity index (χ4n) is 4.68. The number of halogens is 1. The van der Waals surface area contributed by atoms with Crippen molar-refractivity contribution in [2.45, 2.75) is 32.0 Å². The van der Waals surface area contributed by atoms with Crippen LogP contribution in [0.3, 0.4) is 0 Å². The van der Waals surface area contributed by atoms with Crippen LogP contribution in [0.4, 0.5) is 4.39 Å². The van der Waals surface area contributed by atoms with Gasteiger partial charge in [-0.25, -0.2) is 9.37 Å². The highest BCUT2D eigenvalue weighted by atomic mass is 19.1. The van der Waals surface area contributed by atoms with Gasteiger partial charge in [-0.05, 0) is 35.4 Å². The van der Waals surface area contributed by atoms with Gasteiger partial charge in [-0.15, -0.1) is 0 Å². The molecule has 1 saturated heterocycles. The molecule has 1 aliphatic heterocycles. The van der Waals surface area contributed by atoms with Crippen molar-refractivity contribution in [3.8, 4) is 0 Å². The SMILES string of the molecule is CN(Cc1ccccc1)C(=O)Cn1c(C2CC(=O)N(Cc3ccc(F)cc3)C2)nc2ccccc21. The van der Waals surface area contributed by atoms with E-state index in [1.165, 1.54) is 12.1 Å². The maximum absolute atomic E-state index is 13.3. The number of hydrogen-bond donors (Lipinski definition) is 0. The molecule has 178 valence electrons. The summed E-state index contributed by atoms with van der Waals surface area (Å²) in [6.07, 6.45) is 0.332. The summed E-state index contributed by atoms with van der Waals surface area (Å²) < 4.78 is 15.2. The van der Waals surface area contributed by atoms with Crippen molar-refractivity contribution in [2.75, 3.05) is 13.6 Å². The average molecular weight is 471 g/mol. The normalized spacial score (nSPS) is 15.7. The number of hydrogen-bond acceptors (Lipinski definition) is 3. The molecular weight excluding hydrogens is 443 g/mol. The summed E-state index contributed by atoms with van der Waals surface area (Å²) in [5, 5.41) is 0. The minimum Gasteiger partial charge on any atom is -0.340 e. The van der Waals surface area contributed by atoms with Crippen molar-refractivity contribution in [3.63, 3.8) is 0 Å². The molecule has 35 heavy (non-hydrogen) atoms. The highest BCUT2D eigenvalue weighted by molar-refractivity contribution is 5.83. The van der Waals surface area contributed by atoms with Gasteiger partial charge in [-0.3, -0.25) is 9.59 Å². The van der Waals surface area contributed by atoms with Crippen LogP contribution in [0.2, 0.25) is 0 Å². The molecule has 6 nitrogen and oxygen atoms in total. The quantitative estimate of drug-likeness (QED) is 0.404. The number of likely N-dealkylation sites (tertiary alicyclic amines) is 1. The zero-order valence-electron chi connectivity index (χ0n) is 19.6. The van der Waals surface area contributed by atoms with E-state index in [0.717, 1.165) is 28.0 Å². The molecule has 0 radical (unpaired) electrons. The van der Waals surface area contributed by atoms with Crippen molar-refractivity contribution in [3.05, 3.63) is 102 Å². The van der Waals surface area contributed by atoms with E-state index in [4.69, 9.17) is 4.98 Å². The largest absolute Gasteiger partial charge is 0.340 e. The van der Waals surface area contributed by atoms with E-state index < -0.39 is 0 Å². The van der Waals surface area contributed by atoms with Gasteiger partial charge in [-0.1, -0.05) is 54.6 Å². The summed E-state index contributed by atoms with van der Waals surface area (Å²) in [6, 6.07) is 23.8. The van der Waals surface area contributed by atoms with Gasteiger partial charge < -0.3 is 14.4 Å². The van der Waals surface area contributed by atoms with Crippen LogP contribution >= 0.6 is 0 Å². The summed E-state index contributed by atoms with van der Waals surface area (Å²) in [5.74, 6) is 0.344. The van der Waals surface area contributed by atoms with Gasteiger partial charge in [0.1, 0.15) is 18.2 Å². The standard InChI is InChI=1S/C28H27FN4O2/c1-31(16-20-7-3-2-4-8-20)27(35)19-33-25-10-6-5-9-24(25)30-28(33)22-15-26(34)32(18-22)17-21-11-13-23(29)14-12-21/h2-14,22H,15-19H2,1H3. The first-order chi connectivity index (χ1) is 17.0. The number of fused-ring (bicyclic) bond motifs is 1. The highest BCUT2D eigenvalue weighted by Gasteiger charge is 2.34. The third-order valence-electron chi connectivity index (χ3n) is 6.53. The molecule has 5 rings (SSSR count). The molecule has 7 heteroatoms. The number of carbonyl (C=O) groups excluding carboxylic acids is 2. The zero-order chi connectivity index (χ0) is 24.4. The Morgan fingerprint density at radius 1 is 1.00 bits per heavy atom. The Kier molecular flexibility index (Phi) is 6.31. The van der Waals surface area contributed by atoms with Crippen molar-refractivity contribution in [2.24, 2.45) is 0 Å². The number of nitrogens with zero attached hydrogens (tertiary/aromatic N) is 4. The first kappa shape index (κ1) is 22.8. The Morgan fingerprint density at radius 3 is 2.49 bits per heavy atom. The highest BCUT2D eigenvalue weighted by Crippen LogP contribution is 2.31. The van der Waals surface area contributed by atoms with Crippen LogP contribution in [-0.2, 0) is 29.2 Å². The van der Waals surface area contributed by atoms with E-state index in [0.29, 0.717) is 26.1 Å². The minimum atomic E-state index is -0.296. The number of aromatic nitrogens is 2. The Labute approximate surface area is 203 Å². The van der Waals surface area contributed by atoms with Crippen LogP contribution in [0.25, 0.3) is 11.0 Å². The van der Waals surface area contributed by atoms with Crippen LogP contribution in [0.1, 0.15) is 29.3 Å². The Bertz CT molecular complexity index is 1350. The monoisotopic (exact) mass is 470 g/mol. The Balaban J connectivity index is 1.37. The maximum atomic E-state index is 13.3. The summed E-state index contributed by atoms with van der Waals surface area (Å²) in [7, 11) is 1.80. The molecule has 1 atom stereocenters. The van der Waals surface area contributed by atoms with Gasteiger partial charge in [0.25, 0.3) is 0 Å². The van der Waals surface area contributed by atoms with Crippen LogP contribution in [-0.4, -0.2) is 44.8 Å². The summed E-state index contributed by atoms with van der Waals surface area (Å²) >= 11 is 0. The number of amides is 2. The Hall–Kier alpha value is -4.00. The number of benzene rings is 3. The lowest BCUT2D eigenvalue weighted by atomic mass is 10.1. The van der Waals surface area contributed by atoms with E-state index in [1.807, 2.05) is 59.2 Å². The average Bonchev–Trinajstić information content (AvgIpc) is 3.41. The van der Waals surface area contributed by atoms with Gasteiger partial charge in [-0.2, -0.15) is 0 Å². The topological polar surface area (TPSA) is 58.4 Å². The second kappa shape index (κ2) is 9.70. The third-order valence-corrected chi connectivity index (χ3v) is 6.53. The molecule has 2 amide bonds. The first-order valence-corrected chi connectivity index (χ1v) is 11.7. The number of rotatable bonds is 7. The lowest BCUT2D eigenvalue weighted by Crippen LogP contribution is -2.30. The molecule has 0 aliphatic carbocycles. The molecule has 1 fully saturated rings. The Morgan fingerprint density at radius 2 is 1.71 bits per heavy atom. The number of imidazole rings is 1. The summed E-state index contributed by atoms with van der Waals surface area (Å²) in [5.41, 5.74) is 3.64. The number of carbonyl (C=O) groups is 2. The molecule has 0 N–H and O–H groups in total. The molecule has 0 spiro atoms. The summed E-state index contributed by atoms with van der Waals surface area (Å²) in [6.45, 7) is 1.61. The first-order valence-electron chi connectivity index (χ1n) is 11.7. The van der Waals surface area contributed by atoms with Crippen LogP contribution in [0.5, 0.6) is 0 Å². The molecular formula is C28H27FN4O2. The van der Waals surface area contributed by atoms with E-state index in [9.17, 15) is 14.0 Å². The van der Waals surface area contributed by atoms with Crippen LogP contribution in [0, 0.1) is 5.82 Å². The van der Waals surface area contributed by atoms with Crippen molar-refractivity contribution < 1.29 is 14.0 Å². The third kappa shape index (κ3) is 4.94. The predicted octanol–water partition coefficient (Wildman–Crippen LogP) is 4.35. The minimum absolute atomic E-state index is 0.0225. The van der Waals surface area contributed by atoms with Gasteiger partial charge in [0.15, 0.2) is 0 Å². The van der Waals surface area contributed by atoms with Gasteiger partial charge in [0, 0.05) is 39.0 Å². The van der Waals surface area contributed by atoms with Crippen LogP contribution in [0.15, 0.2) is 78.9 Å². The lowest BCUT2D eigenvalue weighted by Gasteiger charge is -2.20. The number of likely N-dealkylation sites (N-methyl/N-ethyl adjacent to an activating group) is 1. The van der Waals surface area contributed by atoms with Gasteiger partial charge in [0.2, 0.25) is 11.8 Å². The molecule has 3 aromatic carbocycles. The fourth-order valence-corrected chi connectivity index (χ4v) is 4.68. The van der Waals surface area contributed by atoms with Crippen molar-refractivity contribution >= 4 is 22.8 Å².